The van der Waals surface area contributed by atoms with Gasteiger partial charge in [0.25, 0.3) is 0 Å². The van der Waals surface area contributed by atoms with Gasteiger partial charge in [0.1, 0.15) is 0 Å². The van der Waals surface area contributed by atoms with Crippen molar-refractivity contribution in [2.24, 2.45) is 5.92 Å². The molecule has 3 heteroatoms. The van der Waals surface area contributed by atoms with Crippen LogP contribution in [0.2, 0.25) is 5.02 Å². The van der Waals surface area contributed by atoms with E-state index in [0.717, 1.165) is 17.5 Å². The molecule has 2 rings (SSSR count). The van der Waals surface area contributed by atoms with E-state index in [9.17, 15) is 9.90 Å². The molecule has 1 N–H and O–H groups in total. The van der Waals surface area contributed by atoms with Crippen molar-refractivity contribution in [1.29, 1.82) is 0 Å². The highest BCUT2D eigenvalue weighted by Gasteiger charge is 2.18. The molecule has 0 saturated carbocycles. The average molecular weight is 303 g/mol. The lowest BCUT2D eigenvalue weighted by Crippen LogP contribution is -2.19. The first-order valence-corrected chi connectivity index (χ1v) is 7.51. The standard InChI is InChI=1S/C18H19ClO2/c1-2-13-3-5-14(6-4-13)11-16(18(20)21)12-15-7-9-17(19)10-8-15/h3-10,16H,2,11-12H2,1H3,(H,20,21). The van der Waals surface area contributed by atoms with Gasteiger partial charge in [-0.05, 0) is 48.1 Å². The molecule has 0 fully saturated rings. The largest absolute Gasteiger partial charge is 0.481 e. The zero-order valence-electron chi connectivity index (χ0n) is 12.1. The molecule has 0 aliphatic rings. The smallest absolute Gasteiger partial charge is 0.307 e. The molecule has 1 atom stereocenters. The maximum Gasteiger partial charge on any atom is 0.307 e. The van der Waals surface area contributed by atoms with Gasteiger partial charge in [-0.2, -0.15) is 0 Å². The Kier molecular flexibility index (Phi) is 5.40. The van der Waals surface area contributed by atoms with E-state index >= 15 is 0 Å². The summed E-state index contributed by atoms with van der Waals surface area (Å²) in [6, 6.07) is 15.6. The molecule has 2 aromatic rings. The van der Waals surface area contributed by atoms with Crippen LogP contribution >= 0.6 is 11.6 Å². The number of carboxylic acid groups (broad SMARTS) is 1. The third-order valence-electron chi connectivity index (χ3n) is 3.66. The fraction of sp³-hybridized carbons (Fsp3) is 0.278. The van der Waals surface area contributed by atoms with Crippen LogP contribution in [-0.2, 0) is 24.1 Å². The zero-order valence-corrected chi connectivity index (χ0v) is 12.8. The summed E-state index contributed by atoms with van der Waals surface area (Å²) >= 11 is 5.85. The van der Waals surface area contributed by atoms with Gasteiger partial charge < -0.3 is 5.11 Å². The summed E-state index contributed by atoms with van der Waals surface area (Å²) in [4.78, 5) is 11.5. The van der Waals surface area contributed by atoms with Crippen LogP contribution in [0.3, 0.4) is 0 Å². The van der Waals surface area contributed by atoms with E-state index in [2.05, 4.69) is 19.1 Å². The SMILES string of the molecule is CCc1ccc(CC(Cc2ccc(Cl)cc2)C(=O)O)cc1. The summed E-state index contributed by atoms with van der Waals surface area (Å²) < 4.78 is 0. The molecule has 0 saturated heterocycles. The first kappa shape index (κ1) is 15.6. The number of aryl methyl sites for hydroxylation is 1. The number of halogens is 1. The van der Waals surface area contributed by atoms with Crippen LogP contribution in [-0.4, -0.2) is 11.1 Å². The van der Waals surface area contributed by atoms with Crippen LogP contribution in [0.4, 0.5) is 0 Å². The van der Waals surface area contributed by atoms with E-state index in [1.165, 1.54) is 5.56 Å². The van der Waals surface area contributed by atoms with Gasteiger partial charge in [0.15, 0.2) is 0 Å². The molecule has 0 heterocycles. The molecular formula is C18H19ClO2. The normalized spacial score (nSPS) is 12.1. The Labute approximate surface area is 130 Å². The van der Waals surface area contributed by atoms with Crippen molar-refractivity contribution in [3.05, 3.63) is 70.2 Å². The Morgan fingerprint density at radius 3 is 1.81 bits per heavy atom. The second kappa shape index (κ2) is 7.28. The Balaban J connectivity index is 2.07. The van der Waals surface area contributed by atoms with Crippen LogP contribution in [0, 0.1) is 5.92 Å². The number of aliphatic carboxylic acids is 1. The molecular weight excluding hydrogens is 284 g/mol. The third-order valence-corrected chi connectivity index (χ3v) is 3.91. The molecule has 0 spiro atoms. The second-order valence-corrected chi connectivity index (χ2v) is 5.68. The van der Waals surface area contributed by atoms with E-state index in [1.807, 2.05) is 24.3 Å². The van der Waals surface area contributed by atoms with Gasteiger partial charge in [0, 0.05) is 5.02 Å². The van der Waals surface area contributed by atoms with Crippen molar-refractivity contribution in [3.63, 3.8) is 0 Å². The van der Waals surface area contributed by atoms with Crippen LogP contribution in [0.15, 0.2) is 48.5 Å². The Bertz CT molecular complexity index is 588. The number of benzene rings is 2. The highest BCUT2D eigenvalue weighted by molar-refractivity contribution is 6.30. The van der Waals surface area contributed by atoms with Crippen molar-refractivity contribution in [2.45, 2.75) is 26.2 Å². The second-order valence-electron chi connectivity index (χ2n) is 5.24. The summed E-state index contributed by atoms with van der Waals surface area (Å²) in [5.74, 6) is -1.18. The van der Waals surface area contributed by atoms with Crippen molar-refractivity contribution in [2.75, 3.05) is 0 Å². The molecule has 21 heavy (non-hydrogen) atoms. The van der Waals surface area contributed by atoms with Gasteiger partial charge in [-0.15, -0.1) is 0 Å². The minimum atomic E-state index is -0.760. The number of carbonyl (C=O) groups is 1. The lowest BCUT2D eigenvalue weighted by atomic mass is 9.92. The molecule has 2 nitrogen and oxygen atoms in total. The zero-order chi connectivity index (χ0) is 15.2. The summed E-state index contributed by atoms with van der Waals surface area (Å²) in [7, 11) is 0. The predicted octanol–water partition coefficient (Wildman–Crippen LogP) is 4.39. The van der Waals surface area contributed by atoms with Crippen LogP contribution in [0.5, 0.6) is 0 Å². The van der Waals surface area contributed by atoms with Crippen molar-refractivity contribution < 1.29 is 9.90 Å². The average Bonchev–Trinajstić information content (AvgIpc) is 2.49. The molecule has 1 unspecified atom stereocenters. The maximum atomic E-state index is 11.5. The van der Waals surface area contributed by atoms with E-state index < -0.39 is 11.9 Å². The fourth-order valence-corrected chi connectivity index (χ4v) is 2.47. The van der Waals surface area contributed by atoms with E-state index in [0.29, 0.717) is 17.9 Å². The van der Waals surface area contributed by atoms with Crippen molar-refractivity contribution >= 4 is 17.6 Å². The van der Waals surface area contributed by atoms with Gasteiger partial charge >= 0.3 is 5.97 Å². The predicted molar refractivity (Wildman–Crippen MR) is 85.8 cm³/mol. The van der Waals surface area contributed by atoms with Gasteiger partial charge in [-0.25, -0.2) is 0 Å². The monoisotopic (exact) mass is 302 g/mol. The van der Waals surface area contributed by atoms with E-state index in [4.69, 9.17) is 11.6 Å². The lowest BCUT2D eigenvalue weighted by molar-refractivity contribution is -0.141. The van der Waals surface area contributed by atoms with Crippen LogP contribution < -0.4 is 0 Å². The molecule has 2 aromatic carbocycles. The molecule has 110 valence electrons. The molecule has 0 amide bonds. The highest BCUT2D eigenvalue weighted by Crippen LogP contribution is 2.18. The topological polar surface area (TPSA) is 37.3 Å². The van der Waals surface area contributed by atoms with Crippen LogP contribution in [0.1, 0.15) is 23.6 Å². The summed E-state index contributed by atoms with van der Waals surface area (Å²) in [5, 5.41) is 10.1. The third kappa shape index (κ3) is 4.61. The molecule has 0 aromatic heterocycles. The first-order valence-electron chi connectivity index (χ1n) is 7.13. The maximum absolute atomic E-state index is 11.5. The van der Waals surface area contributed by atoms with E-state index in [1.54, 1.807) is 12.1 Å². The fourth-order valence-electron chi connectivity index (χ4n) is 2.35. The highest BCUT2D eigenvalue weighted by atomic mass is 35.5. The Morgan fingerprint density at radius 1 is 0.952 bits per heavy atom. The van der Waals surface area contributed by atoms with Gasteiger partial charge in [-0.1, -0.05) is 54.9 Å². The first-order chi connectivity index (χ1) is 10.1. The summed E-state index contributed by atoms with van der Waals surface area (Å²) in [6.45, 7) is 2.11. The Hall–Kier alpha value is -1.80. The minimum absolute atomic E-state index is 0.418. The van der Waals surface area contributed by atoms with Gasteiger partial charge in [-0.3, -0.25) is 4.79 Å². The molecule has 0 aliphatic heterocycles. The minimum Gasteiger partial charge on any atom is -0.481 e. The molecule has 0 bridgehead atoms. The quantitative estimate of drug-likeness (QED) is 0.859. The lowest BCUT2D eigenvalue weighted by Gasteiger charge is -2.13. The van der Waals surface area contributed by atoms with Crippen molar-refractivity contribution in [1.82, 2.24) is 0 Å². The summed E-state index contributed by atoms with van der Waals surface area (Å²) in [5.41, 5.74) is 3.33. The van der Waals surface area contributed by atoms with Crippen LogP contribution in [0.25, 0.3) is 0 Å². The Morgan fingerprint density at radius 2 is 1.38 bits per heavy atom. The number of hydrogen-bond acceptors (Lipinski definition) is 1. The molecule has 0 radical (unpaired) electrons. The molecule has 0 aliphatic carbocycles. The van der Waals surface area contributed by atoms with Gasteiger partial charge in [0.2, 0.25) is 0 Å². The van der Waals surface area contributed by atoms with Gasteiger partial charge in [0.05, 0.1) is 5.92 Å². The number of carboxylic acids is 1. The number of hydrogen-bond donors (Lipinski definition) is 1. The number of rotatable bonds is 6. The van der Waals surface area contributed by atoms with E-state index in [-0.39, 0.29) is 0 Å². The van der Waals surface area contributed by atoms with Crippen molar-refractivity contribution in [3.8, 4) is 0 Å². The summed E-state index contributed by atoms with van der Waals surface area (Å²) in [6.07, 6.45) is 2.05.